The number of ether oxygens (including phenoxy) is 1. The van der Waals surface area contributed by atoms with Crippen LogP contribution >= 0.6 is 0 Å². The highest BCUT2D eigenvalue weighted by Crippen LogP contribution is 2.40. The van der Waals surface area contributed by atoms with Crippen molar-refractivity contribution < 1.29 is 9.66 Å². The largest absolute Gasteiger partial charge is 0.490 e. The van der Waals surface area contributed by atoms with Crippen molar-refractivity contribution in [3.05, 3.63) is 28.3 Å². The second-order valence-corrected chi connectivity index (χ2v) is 6.88. The molecule has 0 amide bonds. The van der Waals surface area contributed by atoms with E-state index < -0.39 is 0 Å². The summed E-state index contributed by atoms with van der Waals surface area (Å²) in [6.07, 6.45) is 3.30. The smallest absolute Gasteiger partial charge is 0.275 e. The molecule has 2 unspecified atom stereocenters. The second-order valence-electron chi connectivity index (χ2n) is 6.88. The Labute approximate surface area is 125 Å². The van der Waals surface area contributed by atoms with Crippen LogP contribution < -0.4 is 10.1 Å². The summed E-state index contributed by atoms with van der Waals surface area (Å²) in [5.41, 5.74) is 1.01. The third-order valence-corrected chi connectivity index (χ3v) is 4.04. The molecular weight excluding hydrogens is 268 g/mol. The van der Waals surface area contributed by atoms with Gasteiger partial charge < -0.3 is 10.1 Å². The lowest BCUT2D eigenvalue weighted by Crippen LogP contribution is -2.34. The number of nitrogens with zero attached hydrogens (tertiary/aromatic N) is 1. The molecule has 1 N–H and O–H groups in total. The van der Waals surface area contributed by atoms with Crippen LogP contribution in [0.15, 0.2) is 18.2 Å². The van der Waals surface area contributed by atoms with E-state index in [1.165, 1.54) is 18.6 Å². The molecule has 5 heteroatoms. The molecule has 0 saturated heterocycles. The molecule has 1 saturated carbocycles. The number of nitrogens with one attached hydrogen (secondary N) is 1. The number of hydrogen-bond acceptors (Lipinski definition) is 4. The minimum atomic E-state index is -0.388. The highest BCUT2D eigenvalue weighted by Gasteiger charge is 2.33. The van der Waals surface area contributed by atoms with Gasteiger partial charge in [-0.1, -0.05) is 20.8 Å². The Morgan fingerprint density at radius 2 is 2.05 bits per heavy atom. The van der Waals surface area contributed by atoms with E-state index in [0.29, 0.717) is 17.4 Å². The fourth-order valence-electron chi connectivity index (χ4n) is 3.44. The third kappa shape index (κ3) is 4.09. The van der Waals surface area contributed by atoms with Gasteiger partial charge in [0.05, 0.1) is 17.1 Å². The first-order valence-corrected chi connectivity index (χ1v) is 7.43. The van der Waals surface area contributed by atoms with Crippen molar-refractivity contribution in [2.75, 3.05) is 12.4 Å². The lowest BCUT2D eigenvalue weighted by Gasteiger charge is -2.38. The van der Waals surface area contributed by atoms with Crippen LogP contribution in [0.5, 0.6) is 5.75 Å². The van der Waals surface area contributed by atoms with E-state index in [9.17, 15) is 10.1 Å². The van der Waals surface area contributed by atoms with Gasteiger partial charge in [0.1, 0.15) is 5.75 Å². The Kier molecular flexibility index (Phi) is 4.40. The zero-order valence-electron chi connectivity index (χ0n) is 13.2. The summed E-state index contributed by atoms with van der Waals surface area (Å²) in [4.78, 5) is 10.6. The van der Waals surface area contributed by atoms with Crippen molar-refractivity contribution in [1.29, 1.82) is 0 Å². The average Bonchev–Trinajstić information content (AvgIpc) is 2.35. The predicted octanol–water partition coefficient (Wildman–Crippen LogP) is 4.23. The van der Waals surface area contributed by atoms with Gasteiger partial charge in [-0.05, 0) is 30.6 Å². The van der Waals surface area contributed by atoms with Gasteiger partial charge in [-0.15, -0.1) is 0 Å². The van der Waals surface area contributed by atoms with E-state index in [2.05, 4.69) is 26.1 Å². The summed E-state index contributed by atoms with van der Waals surface area (Å²) >= 11 is 0. The molecule has 116 valence electrons. The molecule has 0 aromatic heterocycles. The van der Waals surface area contributed by atoms with Gasteiger partial charge in [-0.3, -0.25) is 10.1 Å². The van der Waals surface area contributed by atoms with Crippen molar-refractivity contribution in [2.24, 2.45) is 11.3 Å². The maximum Gasteiger partial charge on any atom is 0.275 e. The summed E-state index contributed by atoms with van der Waals surface area (Å²) in [6, 6.07) is 4.84. The Morgan fingerprint density at radius 3 is 2.62 bits per heavy atom. The zero-order valence-corrected chi connectivity index (χ0v) is 13.2. The number of nitro groups is 1. The average molecular weight is 292 g/mol. The van der Waals surface area contributed by atoms with Crippen LogP contribution in [0.4, 0.5) is 11.4 Å². The van der Waals surface area contributed by atoms with Gasteiger partial charge in [0.15, 0.2) is 0 Å². The van der Waals surface area contributed by atoms with Crippen LogP contribution in [-0.2, 0) is 0 Å². The summed E-state index contributed by atoms with van der Waals surface area (Å²) in [5.74, 6) is 1.18. The molecular formula is C16H24N2O3. The first-order valence-electron chi connectivity index (χ1n) is 7.43. The Balaban J connectivity index is 2.18. The Hall–Kier alpha value is -1.78. The van der Waals surface area contributed by atoms with Crippen LogP contribution in [0, 0.1) is 21.4 Å². The normalized spacial score (nSPS) is 24.4. The van der Waals surface area contributed by atoms with Gasteiger partial charge in [0, 0.05) is 24.9 Å². The standard InChI is InChI=1S/C16H24N2O3/c1-11-5-15(10-16(2,3)9-11)21-14-7-12(17-4)6-13(8-14)18(19)20/h6-8,11,15,17H,5,9-10H2,1-4H3. The zero-order chi connectivity index (χ0) is 15.6. The lowest BCUT2D eigenvalue weighted by molar-refractivity contribution is -0.384. The lowest BCUT2D eigenvalue weighted by atomic mass is 9.71. The minimum absolute atomic E-state index is 0.0555. The first-order chi connectivity index (χ1) is 9.79. The van der Waals surface area contributed by atoms with Gasteiger partial charge >= 0.3 is 0 Å². The molecule has 5 nitrogen and oxygen atoms in total. The molecule has 1 fully saturated rings. The number of anilines is 1. The maximum absolute atomic E-state index is 11.0. The number of hydrogen-bond donors (Lipinski definition) is 1. The highest BCUT2D eigenvalue weighted by molar-refractivity contribution is 5.56. The second kappa shape index (κ2) is 5.92. The van der Waals surface area contributed by atoms with Gasteiger partial charge in [-0.25, -0.2) is 0 Å². The van der Waals surface area contributed by atoms with E-state index in [0.717, 1.165) is 12.8 Å². The van der Waals surface area contributed by atoms with Crippen LogP contribution in [0.25, 0.3) is 0 Å². The molecule has 0 aliphatic heterocycles. The topological polar surface area (TPSA) is 64.4 Å². The van der Waals surface area contributed by atoms with Crippen LogP contribution in [-0.4, -0.2) is 18.1 Å². The van der Waals surface area contributed by atoms with Crippen molar-refractivity contribution >= 4 is 11.4 Å². The summed E-state index contributed by atoms with van der Waals surface area (Å²) in [7, 11) is 1.74. The molecule has 1 aromatic rings. The van der Waals surface area contributed by atoms with E-state index in [1.807, 2.05) is 6.07 Å². The van der Waals surface area contributed by atoms with E-state index in [4.69, 9.17) is 4.74 Å². The number of non-ortho nitro benzene ring substituents is 1. The number of benzene rings is 1. The summed E-state index contributed by atoms with van der Waals surface area (Å²) in [6.45, 7) is 6.75. The van der Waals surface area contributed by atoms with Crippen LogP contribution in [0.3, 0.4) is 0 Å². The van der Waals surface area contributed by atoms with Gasteiger partial charge in [-0.2, -0.15) is 0 Å². The minimum Gasteiger partial charge on any atom is -0.490 e. The van der Waals surface area contributed by atoms with Crippen molar-refractivity contribution in [2.45, 2.75) is 46.1 Å². The molecule has 0 bridgehead atoms. The molecule has 0 spiro atoms. The molecule has 0 radical (unpaired) electrons. The van der Waals surface area contributed by atoms with Crippen molar-refractivity contribution in [3.8, 4) is 5.75 Å². The van der Waals surface area contributed by atoms with Crippen molar-refractivity contribution in [3.63, 3.8) is 0 Å². The summed E-state index contributed by atoms with van der Waals surface area (Å²) < 4.78 is 6.05. The molecule has 2 atom stereocenters. The van der Waals surface area contributed by atoms with Crippen LogP contribution in [0.1, 0.15) is 40.0 Å². The first kappa shape index (κ1) is 15.6. The molecule has 1 aromatic carbocycles. The van der Waals surface area contributed by atoms with Crippen LogP contribution in [0.2, 0.25) is 0 Å². The van der Waals surface area contributed by atoms with Gasteiger partial charge in [0.25, 0.3) is 5.69 Å². The molecule has 0 heterocycles. The van der Waals surface area contributed by atoms with E-state index >= 15 is 0 Å². The van der Waals surface area contributed by atoms with E-state index in [-0.39, 0.29) is 22.1 Å². The number of rotatable bonds is 4. The Bertz CT molecular complexity index is 528. The fourth-order valence-corrected chi connectivity index (χ4v) is 3.44. The fraction of sp³-hybridized carbons (Fsp3) is 0.625. The van der Waals surface area contributed by atoms with Crippen molar-refractivity contribution in [1.82, 2.24) is 0 Å². The molecule has 21 heavy (non-hydrogen) atoms. The molecule has 2 rings (SSSR count). The molecule has 1 aliphatic carbocycles. The Morgan fingerprint density at radius 1 is 1.33 bits per heavy atom. The quantitative estimate of drug-likeness (QED) is 0.666. The number of nitro benzene ring substituents is 1. The SMILES string of the molecule is CNc1cc(OC2CC(C)CC(C)(C)C2)cc([N+](=O)[O-])c1. The highest BCUT2D eigenvalue weighted by atomic mass is 16.6. The van der Waals surface area contributed by atoms with E-state index in [1.54, 1.807) is 7.05 Å². The van der Waals surface area contributed by atoms with Gasteiger partial charge in [0.2, 0.25) is 0 Å². The third-order valence-electron chi connectivity index (χ3n) is 4.04. The monoisotopic (exact) mass is 292 g/mol. The maximum atomic E-state index is 11.0. The summed E-state index contributed by atoms with van der Waals surface area (Å²) in [5, 5.41) is 13.9. The molecule has 1 aliphatic rings. The predicted molar refractivity (Wildman–Crippen MR) is 83.9 cm³/mol.